The van der Waals surface area contributed by atoms with Crippen molar-refractivity contribution in [1.29, 1.82) is 0 Å². The minimum absolute atomic E-state index is 0.169. The van der Waals surface area contributed by atoms with E-state index in [1.54, 1.807) is 0 Å². The maximum atomic E-state index is 6.03. The molecule has 0 aromatic heterocycles. The van der Waals surface area contributed by atoms with E-state index in [1.807, 2.05) is 0 Å². The first kappa shape index (κ1) is 13.8. The van der Waals surface area contributed by atoms with Gasteiger partial charge < -0.3 is 9.31 Å². The zero-order chi connectivity index (χ0) is 12.6. The van der Waals surface area contributed by atoms with E-state index in [-0.39, 0.29) is 18.3 Å². The molecule has 0 radical (unpaired) electrons. The fourth-order valence-electron chi connectivity index (χ4n) is 1.82. The lowest BCUT2D eigenvalue weighted by Gasteiger charge is -2.32. The van der Waals surface area contributed by atoms with Crippen molar-refractivity contribution in [3.05, 3.63) is 11.5 Å². The summed E-state index contributed by atoms with van der Waals surface area (Å²) < 4.78 is 12.1. The Balaban J connectivity index is 2.78. The van der Waals surface area contributed by atoms with Gasteiger partial charge in [-0.05, 0) is 52.4 Å². The lowest BCUT2D eigenvalue weighted by molar-refractivity contribution is 0.00578. The molecular formula is C13H25BO2. The summed E-state index contributed by atoms with van der Waals surface area (Å²) >= 11 is 0. The molecule has 92 valence electrons. The molecule has 0 aromatic rings. The zero-order valence-corrected chi connectivity index (χ0v) is 11.8. The minimum Gasteiger partial charge on any atom is -0.400 e. The van der Waals surface area contributed by atoms with Gasteiger partial charge in [-0.25, -0.2) is 0 Å². The Kier molecular flexibility index (Phi) is 3.91. The van der Waals surface area contributed by atoms with Crippen LogP contribution in [0.1, 0.15) is 54.9 Å². The van der Waals surface area contributed by atoms with Crippen LogP contribution in [0.2, 0.25) is 0 Å². The Morgan fingerprint density at radius 2 is 1.56 bits per heavy atom. The van der Waals surface area contributed by atoms with Gasteiger partial charge in [0.05, 0.1) is 11.2 Å². The zero-order valence-electron chi connectivity index (χ0n) is 11.8. The fourth-order valence-corrected chi connectivity index (χ4v) is 1.82. The molecule has 0 unspecified atom stereocenters. The van der Waals surface area contributed by atoms with E-state index in [0.29, 0.717) is 5.92 Å². The van der Waals surface area contributed by atoms with E-state index in [9.17, 15) is 0 Å². The van der Waals surface area contributed by atoms with Crippen molar-refractivity contribution in [2.75, 3.05) is 0 Å². The first-order valence-electron chi connectivity index (χ1n) is 6.20. The van der Waals surface area contributed by atoms with Gasteiger partial charge in [-0.2, -0.15) is 0 Å². The molecule has 1 fully saturated rings. The van der Waals surface area contributed by atoms with Crippen molar-refractivity contribution in [3.63, 3.8) is 0 Å². The van der Waals surface area contributed by atoms with E-state index in [2.05, 4.69) is 54.5 Å². The van der Waals surface area contributed by atoms with Gasteiger partial charge in [-0.1, -0.05) is 19.9 Å². The molecule has 1 heterocycles. The van der Waals surface area contributed by atoms with E-state index in [1.165, 1.54) is 5.47 Å². The largest absolute Gasteiger partial charge is 0.490 e. The highest BCUT2D eigenvalue weighted by Crippen LogP contribution is 2.39. The highest BCUT2D eigenvalue weighted by molar-refractivity contribution is 6.54. The summed E-state index contributed by atoms with van der Waals surface area (Å²) in [6, 6.07) is 0. The fraction of sp³-hybridized carbons (Fsp3) is 0.846. The van der Waals surface area contributed by atoms with Crippen LogP contribution in [0.4, 0.5) is 0 Å². The van der Waals surface area contributed by atoms with Gasteiger partial charge in [-0.3, -0.25) is 0 Å². The Morgan fingerprint density at radius 3 is 1.88 bits per heavy atom. The summed E-state index contributed by atoms with van der Waals surface area (Å²) in [4.78, 5) is 0. The average Bonchev–Trinajstić information content (AvgIpc) is 2.31. The van der Waals surface area contributed by atoms with E-state index in [0.717, 1.165) is 6.42 Å². The Labute approximate surface area is 101 Å². The van der Waals surface area contributed by atoms with Crippen molar-refractivity contribution >= 4 is 7.12 Å². The van der Waals surface area contributed by atoms with Gasteiger partial charge in [0.25, 0.3) is 0 Å². The highest BCUT2D eigenvalue weighted by Gasteiger charge is 2.52. The number of hydrogen-bond acceptors (Lipinski definition) is 2. The molecule has 0 atom stereocenters. The number of rotatable bonds is 3. The third-order valence-corrected chi connectivity index (χ3v) is 3.57. The highest BCUT2D eigenvalue weighted by atomic mass is 16.7. The van der Waals surface area contributed by atoms with Gasteiger partial charge in [0.15, 0.2) is 0 Å². The Hall–Kier alpha value is -0.275. The molecule has 1 saturated heterocycles. The van der Waals surface area contributed by atoms with Crippen molar-refractivity contribution < 1.29 is 9.31 Å². The molecule has 0 amide bonds. The molecule has 1 aliphatic rings. The summed E-state index contributed by atoms with van der Waals surface area (Å²) in [5.41, 5.74) is 0.792. The summed E-state index contributed by atoms with van der Waals surface area (Å²) in [5.74, 6) is 0.630. The van der Waals surface area contributed by atoms with Crippen LogP contribution in [0.15, 0.2) is 11.5 Å². The second-order valence-electron chi connectivity index (χ2n) is 6.05. The van der Waals surface area contributed by atoms with Crippen LogP contribution >= 0.6 is 0 Å². The monoisotopic (exact) mass is 224 g/mol. The van der Waals surface area contributed by atoms with Crippen LogP contribution in [-0.4, -0.2) is 18.3 Å². The molecule has 2 nitrogen and oxygen atoms in total. The lowest BCUT2D eigenvalue weighted by Crippen LogP contribution is -2.41. The van der Waals surface area contributed by atoms with Crippen molar-refractivity contribution in [2.45, 2.75) is 66.1 Å². The lowest BCUT2D eigenvalue weighted by atomic mass is 9.74. The quantitative estimate of drug-likeness (QED) is 0.681. The van der Waals surface area contributed by atoms with Gasteiger partial charge in [0.2, 0.25) is 0 Å². The molecule has 0 aliphatic carbocycles. The van der Waals surface area contributed by atoms with E-state index in [4.69, 9.17) is 9.31 Å². The molecule has 0 saturated carbocycles. The standard InChI is InChI=1S/C13H25BO2/c1-8-11(9-10(2)3)14-15-12(4,5)13(6,7)16-14/h8,10H,9H2,1-7H3. The van der Waals surface area contributed by atoms with Gasteiger partial charge >= 0.3 is 7.12 Å². The van der Waals surface area contributed by atoms with Gasteiger partial charge in [0.1, 0.15) is 0 Å². The molecule has 0 N–H and O–H groups in total. The molecule has 0 spiro atoms. The average molecular weight is 224 g/mol. The molecule has 0 aromatic carbocycles. The number of hydrogen-bond donors (Lipinski definition) is 0. The first-order chi connectivity index (χ1) is 7.19. The normalized spacial score (nSPS) is 24.2. The van der Waals surface area contributed by atoms with Crippen LogP contribution in [0.5, 0.6) is 0 Å². The molecule has 1 aliphatic heterocycles. The summed E-state index contributed by atoms with van der Waals surface area (Å²) in [5, 5.41) is 0. The minimum atomic E-state index is -0.233. The summed E-state index contributed by atoms with van der Waals surface area (Å²) in [7, 11) is -0.169. The van der Waals surface area contributed by atoms with Crippen LogP contribution in [0, 0.1) is 5.92 Å². The summed E-state index contributed by atoms with van der Waals surface area (Å²) in [6.45, 7) is 14.9. The summed E-state index contributed by atoms with van der Waals surface area (Å²) in [6.07, 6.45) is 3.16. The number of allylic oxidation sites excluding steroid dienone is 2. The van der Waals surface area contributed by atoms with E-state index < -0.39 is 0 Å². The second-order valence-corrected chi connectivity index (χ2v) is 6.05. The topological polar surface area (TPSA) is 18.5 Å². The SMILES string of the molecule is CC=C(CC(C)C)B1OC(C)(C)C(C)(C)O1. The van der Waals surface area contributed by atoms with Crippen LogP contribution < -0.4 is 0 Å². The second kappa shape index (κ2) is 4.54. The van der Waals surface area contributed by atoms with Crippen molar-refractivity contribution in [2.24, 2.45) is 5.92 Å². The smallest absolute Gasteiger partial charge is 0.400 e. The predicted molar refractivity (Wildman–Crippen MR) is 69.3 cm³/mol. The maximum Gasteiger partial charge on any atom is 0.490 e. The maximum absolute atomic E-state index is 6.03. The predicted octanol–water partition coefficient (Wildman–Crippen LogP) is 3.61. The third kappa shape index (κ3) is 2.69. The first-order valence-corrected chi connectivity index (χ1v) is 6.20. The van der Waals surface area contributed by atoms with Crippen LogP contribution in [0.3, 0.4) is 0 Å². The van der Waals surface area contributed by atoms with Crippen molar-refractivity contribution in [1.82, 2.24) is 0 Å². The van der Waals surface area contributed by atoms with Crippen LogP contribution in [0.25, 0.3) is 0 Å². The van der Waals surface area contributed by atoms with Gasteiger partial charge in [0, 0.05) is 0 Å². The Bertz CT molecular complexity index is 264. The molecule has 1 rings (SSSR count). The Morgan fingerprint density at radius 1 is 1.12 bits per heavy atom. The van der Waals surface area contributed by atoms with Crippen LogP contribution in [-0.2, 0) is 9.31 Å². The molecule has 0 bridgehead atoms. The van der Waals surface area contributed by atoms with Gasteiger partial charge in [-0.15, -0.1) is 0 Å². The van der Waals surface area contributed by atoms with E-state index >= 15 is 0 Å². The molecular weight excluding hydrogens is 199 g/mol. The van der Waals surface area contributed by atoms with Crippen molar-refractivity contribution in [3.8, 4) is 0 Å². The molecule has 3 heteroatoms. The third-order valence-electron chi connectivity index (χ3n) is 3.57. The molecule has 16 heavy (non-hydrogen) atoms.